The topological polar surface area (TPSA) is 25.8 Å². The van der Waals surface area contributed by atoms with Crippen molar-refractivity contribution in [1.29, 1.82) is 0 Å². The first-order chi connectivity index (χ1) is 9.61. The normalized spacial score (nSPS) is 11.2. The number of aromatic nitrogens is 2. The van der Waals surface area contributed by atoms with E-state index in [0.717, 1.165) is 38.1 Å². The second-order valence-electron chi connectivity index (χ2n) is 4.55. The number of hydrogen-bond donors (Lipinski definition) is 0. The van der Waals surface area contributed by atoms with E-state index >= 15 is 0 Å². The third kappa shape index (κ3) is 2.26. The molecule has 2 heterocycles. The van der Waals surface area contributed by atoms with Crippen molar-refractivity contribution in [1.82, 2.24) is 9.97 Å². The van der Waals surface area contributed by atoms with Crippen molar-refractivity contribution in [3.63, 3.8) is 0 Å². The molecule has 0 fully saturated rings. The summed E-state index contributed by atoms with van der Waals surface area (Å²) in [6.45, 7) is 4.17. The Morgan fingerprint density at radius 3 is 2.80 bits per heavy atom. The lowest BCUT2D eigenvalue weighted by atomic mass is 10.1. The molecule has 0 atom stereocenters. The van der Waals surface area contributed by atoms with Gasteiger partial charge in [-0.25, -0.2) is 9.97 Å². The Morgan fingerprint density at radius 1 is 1.25 bits per heavy atom. The van der Waals surface area contributed by atoms with E-state index in [4.69, 9.17) is 16.6 Å². The first kappa shape index (κ1) is 14.0. The minimum absolute atomic E-state index is 0.496. The van der Waals surface area contributed by atoms with Crippen LogP contribution in [0.1, 0.15) is 18.1 Å². The summed E-state index contributed by atoms with van der Waals surface area (Å²) in [5, 5.41) is 3.45. The summed E-state index contributed by atoms with van der Waals surface area (Å²) in [5.41, 5.74) is 3.27. The highest BCUT2D eigenvalue weighted by molar-refractivity contribution is 9.10. The molecule has 0 N–H and O–H groups in total. The summed E-state index contributed by atoms with van der Waals surface area (Å²) in [5.74, 6) is 0.718. The SMILES string of the molecule is CCc1ccsc1-c1nc(Cl)c2c(Br)ccc(C)c2n1. The van der Waals surface area contributed by atoms with Gasteiger partial charge in [0, 0.05) is 4.47 Å². The number of aryl methyl sites for hydroxylation is 2. The Hall–Kier alpha value is -0.970. The number of nitrogens with zero attached hydrogens (tertiary/aromatic N) is 2. The third-order valence-corrected chi connectivity index (χ3v) is 5.17. The lowest BCUT2D eigenvalue weighted by Gasteiger charge is -2.08. The van der Waals surface area contributed by atoms with Crippen molar-refractivity contribution in [3.8, 4) is 10.7 Å². The summed E-state index contributed by atoms with van der Waals surface area (Å²) in [6.07, 6.45) is 0.968. The predicted octanol–water partition coefficient (Wildman–Crippen LogP) is 5.65. The average molecular weight is 368 g/mol. The molecule has 0 aliphatic heterocycles. The van der Waals surface area contributed by atoms with E-state index in [2.05, 4.69) is 39.3 Å². The predicted molar refractivity (Wildman–Crippen MR) is 89.7 cm³/mol. The highest BCUT2D eigenvalue weighted by Gasteiger charge is 2.15. The second-order valence-corrected chi connectivity index (χ2v) is 6.68. The molecule has 102 valence electrons. The zero-order valence-electron chi connectivity index (χ0n) is 11.1. The molecule has 5 heteroatoms. The van der Waals surface area contributed by atoms with E-state index in [1.807, 2.05) is 19.1 Å². The van der Waals surface area contributed by atoms with Crippen molar-refractivity contribution in [2.75, 3.05) is 0 Å². The fourth-order valence-corrected chi connectivity index (χ4v) is 4.02. The Morgan fingerprint density at radius 2 is 2.05 bits per heavy atom. The lowest BCUT2D eigenvalue weighted by Crippen LogP contribution is -1.95. The molecule has 2 nitrogen and oxygen atoms in total. The Kier molecular flexibility index (Phi) is 3.80. The van der Waals surface area contributed by atoms with Crippen LogP contribution in [0.2, 0.25) is 5.15 Å². The maximum Gasteiger partial charge on any atom is 0.171 e. The van der Waals surface area contributed by atoms with E-state index in [-0.39, 0.29) is 0 Å². The average Bonchev–Trinajstić information content (AvgIpc) is 2.91. The monoisotopic (exact) mass is 366 g/mol. The van der Waals surface area contributed by atoms with Gasteiger partial charge < -0.3 is 0 Å². The number of rotatable bonds is 2. The Labute approximate surface area is 135 Å². The number of halogens is 2. The molecule has 0 saturated carbocycles. The molecule has 0 radical (unpaired) electrons. The summed E-state index contributed by atoms with van der Waals surface area (Å²) in [7, 11) is 0. The Bertz CT molecular complexity index is 798. The zero-order valence-corrected chi connectivity index (χ0v) is 14.2. The highest BCUT2D eigenvalue weighted by atomic mass is 79.9. The lowest BCUT2D eigenvalue weighted by molar-refractivity contribution is 1.14. The van der Waals surface area contributed by atoms with Crippen molar-refractivity contribution in [3.05, 3.63) is 44.3 Å². The molecule has 0 bridgehead atoms. The number of thiophene rings is 1. The van der Waals surface area contributed by atoms with Crippen LogP contribution in [0.3, 0.4) is 0 Å². The van der Waals surface area contributed by atoms with Gasteiger partial charge in [-0.1, -0.05) is 24.6 Å². The number of benzene rings is 1. The van der Waals surface area contributed by atoms with Crippen LogP contribution in [0, 0.1) is 6.92 Å². The van der Waals surface area contributed by atoms with Gasteiger partial charge in [-0.3, -0.25) is 0 Å². The molecule has 3 aromatic rings. The van der Waals surface area contributed by atoms with Gasteiger partial charge in [0.15, 0.2) is 5.82 Å². The van der Waals surface area contributed by atoms with Crippen LogP contribution in [0.4, 0.5) is 0 Å². The molecule has 1 aromatic carbocycles. The first-order valence-corrected chi connectivity index (χ1v) is 8.36. The highest BCUT2D eigenvalue weighted by Crippen LogP contribution is 2.34. The number of fused-ring (bicyclic) bond motifs is 1. The number of hydrogen-bond acceptors (Lipinski definition) is 3. The van der Waals surface area contributed by atoms with Gasteiger partial charge in [0.05, 0.1) is 15.8 Å². The molecular weight excluding hydrogens is 356 g/mol. The fraction of sp³-hybridized carbons (Fsp3) is 0.200. The van der Waals surface area contributed by atoms with Gasteiger partial charge in [-0.2, -0.15) is 0 Å². The molecular formula is C15H12BrClN2S. The maximum absolute atomic E-state index is 6.38. The molecule has 20 heavy (non-hydrogen) atoms. The maximum atomic E-state index is 6.38. The van der Waals surface area contributed by atoms with Crippen molar-refractivity contribution in [2.24, 2.45) is 0 Å². The first-order valence-electron chi connectivity index (χ1n) is 6.31. The molecule has 0 aliphatic rings. The van der Waals surface area contributed by atoms with Crippen molar-refractivity contribution in [2.45, 2.75) is 20.3 Å². The van der Waals surface area contributed by atoms with Crippen LogP contribution < -0.4 is 0 Å². The van der Waals surface area contributed by atoms with Gasteiger partial charge in [0.2, 0.25) is 0 Å². The smallest absolute Gasteiger partial charge is 0.171 e. The molecule has 0 aliphatic carbocycles. The summed E-state index contributed by atoms with van der Waals surface area (Å²) >= 11 is 11.6. The van der Waals surface area contributed by atoms with Gasteiger partial charge in [-0.05, 0) is 57.9 Å². The molecule has 2 aromatic heterocycles. The Balaban J connectivity index is 2.32. The van der Waals surface area contributed by atoms with Gasteiger partial charge in [0.25, 0.3) is 0 Å². The summed E-state index contributed by atoms with van der Waals surface area (Å²) in [4.78, 5) is 10.3. The zero-order chi connectivity index (χ0) is 14.3. The van der Waals surface area contributed by atoms with Crippen LogP contribution in [0.5, 0.6) is 0 Å². The largest absolute Gasteiger partial charge is 0.227 e. The second kappa shape index (κ2) is 5.43. The van der Waals surface area contributed by atoms with E-state index in [9.17, 15) is 0 Å². The quantitative estimate of drug-likeness (QED) is 0.547. The third-order valence-electron chi connectivity index (χ3n) is 3.29. The van der Waals surface area contributed by atoms with Gasteiger partial charge >= 0.3 is 0 Å². The summed E-state index contributed by atoms with van der Waals surface area (Å²) < 4.78 is 0.927. The van der Waals surface area contributed by atoms with E-state index in [1.54, 1.807) is 11.3 Å². The minimum atomic E-state index is 0.496. The van der Waals surface area contributed by atoms with Crippen LogP contribution in [0.15, 0.2) is 28.1 Å². The molecule has 0 spiro atoms. The van der Waals surface area contributed by atoms with E-state index < -0.39 is 0 Å². The van der Waals surface area contributed by atoms with Crippen molar-refractivity contribution < 1.29 is 0 Å². The van der Waals surface area contributed by atoms with Crippen LogP contribution in [-0.2, 0) is 6.42 Å². The van der Waals surface area contributed by atoms with E-state index in [0.29, 0.717) is 5.15 Å². The molecule has 0 saturated heterocycles. The van der Waals surface area contributed by atoms with E-state index in [1.165, 1.54) is 5.56 Å². The molecule has 0 amide bonds. The molecule has 3 rings (SSSR count). The molecule has 0 unspecified atom stereocenters. The minimum Gasteiger partial charge on any atom is -0.227 e. The summed E-state index contributed by atoms with van der Waals surface area (Å²) in [6, 6.07) is 6.14. The van der Waals surface area contributed by atoms with Crippen LogP contribution in [0.25, 0.3) is 21.6 Å². The standard InChI is InChI=1S/C15H12BrClN2S/c1-3-9-6-7-20-13(9)15-18-12-8(2)4-5-10(16)11(12)14(17)19-15/h4-7H,3H2,1-2H3. The van der Waals surface area contributed by atoms with Crippen molar-refractivity contribution >= 4 is 49.8 Å². The fourth-order valence-electron chi connectivity index (χ4n) is 2.20. The van der Waals surface area contributed by atoms with Gasteiger partial charge in [0.1, 0.15) is 5.15 Å². The van der Waals surface area contributed by atoms with Gasteiger partial charge in [-0.15, -0.1) is 11.3 Å². The van der Waals surface area contributed by atoms with Crippen LogP contribution in [-0.4, -0.2) is 9.97 Å². The van der Waals surface area contributed by atoms with Crippen LogP contribution >= 0.6 is 38.9 Å².